The summed E-state index contributed by atoms with van der Waals surface area (Å²) in [6.45, 7) is 11.1. The Hall–Kier alpha value is -1.90. The zero-order valence-electron chi connectivity index (χ0n) is 18.6. The van der Waals surface area contributed by atoms with Gasteiger partial charge < -0.3 is 18.9 Å². The normalized spacial score (nSPS) is 32.0. The van der Waals surface area contributed by atoms with Crippen LogP contribution in [0.4, 0.5) is 0 Å². The van der Waals surface area contributed by atoms with Crippen molar-refractivity contribution in [3.8, 4) is 0 Å². The summed E-state index contributed by atoms with van der Waals surface area (Å²) in [6, 6.07) is 0. The second-order valence-electron chi connectivity index (χ2n) is 10.6. The van der Waals surface area contributed by atoms with Crippen LogP contribution < -0.4 is 0 Å². The van der Waals surface area contributed by atoms with E-state index in [0.717, 1.165) is 0 Å². The quantitative estimate of drug-likeness (QED) is 0.245. The zero-order chi connectivity index (χ0) is 22.5. The van der Waals surface area contributed by atoms with Crippen molar-refractivity contribution in [2.75, 3.05) is 12.8 Å². The maximum absolute atomic E-state index is 12.8. The van der Waals surface area contributed by atoms with Crippen molar-refractivity contribution < 1.29 is 38.1 Å². The SMILES string of the molecule is CCC(C)(C)C(=O)OCC(=O)OC1C2CC3C1OC(=O)C3(C(=O)OC[Si](C)(C)C)C2. The minimum Gasteiger partial charge on any atom is -0.469 e. The van der Waals surface area contributed by atoms with Crippen molar-refractivity contribution in [1.29, 1.82) is 0 Å². The van der Waals surface area contributed by atoms with E-state index >= 15 is 0 Å². The van der Waals surface area contributed by atoms with Crippen molar-refractivity contribution in [3.05, 3.63) is 0 Å². The molecule has 0 aromatic rings. The Balaban J connectivity index is 1.60. The van der Waals surface area contributed by atoms with Crippen LogP contribution in [0.3, 0.4) is 0 Å². The van der Waals surface area contributed by atoms with Crippen molar-refractivity contribution in [1.82, 2.24) is 0 Å². The first kappa shape index (κ1) is 22.8. The fourth-order valence-corrected chi connectivity index (χ4v) is 5.06. The minimum absolute atomic E-state index is 0.155. The molecule has 3 aliphatic rings. The molecule has 0 aromatic heterocycles. The van der Waals surface area contributed by atoms with E-state index in [-0.39, 0.29) is 18.3 Å². The van der Waals surface area contributed by atoms with Gasteiger partial charge in [0.2, 0.25) is 0 Å². The lowest BCUT2D eigenvalue weighted by molar-refractivity contribution is -0.173. The highest BCUT2D eigenvalue weighted by Gasteiger charge is 2.75. The van der Waals surface area contributed by atoms with Gasteiger partial charge in [0, 0.05) is 11.8 Å². The van der Waals surface area contributed by atoms with Crippen LogP contribution in [0.15, 0.2) is 0 Å². The van der Waals surface area contributed by atoms with Gasteiger partial charge in [0.15, 0.2) is 12.0 Å². The number of hydrogen-bond acceptors (Lipinski definition) is 8. The fourth-order valence-electron chi connectivity index (χ4n) is 4.49. The third kappa shape index (κ3) is 3.88. The lowest BCUT2D eigenvalue weighted by atomic mass is 9.73. The van der Waals surface area contributed by atoms with Crippen LogP contribution in [-0.4, -0.2) is 57.0 Å². The first-order valence-electron chi connectivity index (χ1n) is 10.6. The summed E-state index contributed by atoms with van der Waals surface area (Å²) < 4.78 is 21.6. The third-order valence-electron chi connectivity index (χ3n) is 6.59. The van der Waals surface area contributed by atoms with E-state index in [0.29, 0.717) is 19.1 Å². The van der Waals surface area contributed by atoms with E-state index in [1.165, 1.54) is 0 Å². The highest BCUT2D eigenvalue weighted by Crippen LogP contribution is 2.63. The summed E-state index contributed by atoms with van der Waals surface area (Å²) in [5.41, 5.74) is -1.95. The summed E-state index contributed by atoms with van der Waals surface area (Å²) in [7, 11) is -1.62. The first-order valence-corrected chi connectivity index (χ1v) is 14.3. The van der Waals surface area contributed by atoms with E-state index in [1.807, 2.05) is 6.92 Å². The number of fused-ring (bicyclic) bond motifs is 1. The molecule has 1 saturated heterocycles. The van der Waals surface area contributed by atoms with Gasteiger partial charge in [-0.05, 0) is 33.1 Å². The van der Waals surface area contributed by atoms with E-state index in [1.54, 1.807) is 13.8 Å². The number of esters is 4. The molecule has 0 aromatic carbocycles. The van der Waals surface area contributed by atoms with Crippen LogP contribution in [0, 0.1) is 22.7 Å². The van der Waals surface area contributed by atoms with Gasteiger partial charge in [-0.25, -0.2) is 4.79 Å². The lowest BCUT2D eigenvalue weighted by Crippen LogP contribution is -2.47. The molecule has 3 fully saturated rings. The molecule has 0 amide bonds. The average molecular weight is 441 g/mol. The largest absolute Gasteiger partial charge is 0.469 e. The average Bonchev–Trinajstić information content (AvgIpc) is 3.26. The maximum Gasteiger partial charge on any atom is 0.344 e. The van der Waals surface area contributed by atoms with Crippen LogP contribution in [0.5, 0.6) is 0 Å². The van der Waals surface area contributed by atoms with Crippen LogP contribution in [0.2, 0.25) is 19.6 Å². The third-order valence-corrected chi connectivity index (χ3v) is 7.60. The molecule has 0 N–H and O–H groups in total. The fraction of sp³-hybridized carbons (Fsp3) is 0.810. The van der Waals surface area contributed by atoms with Crippen LogP contribution in [-0.2, 0) is 38.1 Å². The van der Waals surface area contributed by atoms with Crippen molar-refractivity contribution in [3.63, 3.8) is 0 Å². The van der Waals surface area contributed by atoms with Crippen molar-refractivity contribution >= 4 is 32.0 Å². The van der Waals surface area contributed by atoms with Crippen molar-refractivity contribution in [2.45, 2.75) is 71.9 Å². The Morgan fingerprint density at radius 2 is 1.87 bits per heavy atom. The van der Waals surface area contributed by atoms with Crippen LogP contribution >= 0.6 is 0 Å². The molecule has 2 bridgehead atoms. The van der Waals surface area contributed by atoms with E-state index in [9.17, 15) is 19.2 Å². The van der Waals surface area contributed by atoms with Gasteiger partial charge in [-0.3, -0.25) is 14.4 Å². The molecule has 8 nitrogen and oxygen atoms in total. The maximum atomic E-state index is 12.8. The predicted molar refractivity (Wildman–Crippen MR) is 108 cm³/mol. The highest BCUT2D eigenvalue weighted by molar-refractivity contribution is 6.76. The predicted octanol–water partition coefficient (Wildman–Crippen LogP) is 2.25. The summed E-state index contributed by atoms with van der Waals surface area (Å²) >= 11 is 0. The van der Waals surface area contributed by atoms with Crippen LogP contribution in [0.25, 0.3) is 0 Å². The zero-order valence-corrected chi connectivity index (χ0v) is 19.6. The molecule has 1 heterocycles. The molecule has 1 aliphatic heterocycles. The Morgan fingerprint density at radius 3 is 2.47 bits per heavy atom. The van der Waals surface area contributed by atoms with E-state index in [2.05, 4.69) is 19.6 Å². The molecular formula is C21H32O8Si. The molecular weight excluding hydrogens is 408 g/mol. The molecule has 5 unspecified atom stereocenters. The first-order chi connectivity index (χ1) is 13.8. The van der Waals surface area contributed by atoms with Gasteiger partial charge in [-0.15, -0.1) is 0 Å². The number of ether oxygens (including phenoxy) is 4. The molecule has 0 spiro atoms. The Morgan fingerprint density at radius 1 is 1.20 bits per heavy atom. The summed E-state index contributed by atoms with van der Waals surface area (Å²) in [6.07, 6.45) is 0.492. The minimum atomic E-state index is -1.62. The van der Waals surface area contributed by atoms with Crippen LogP contribution in [0.1, 0.15) is 40.0 Å². The van der Waals surface area contributed by atoms with E-state index in [4.69, 9.17) is 18.9 Å². The Kier molecular flexibility index (Phi) is 5.81. The Bertz CT molecular complexity index is 755. The lowest BCUT2D eigenvalue weighted by Gasteiger charge is -2.31. The van der Waals surface area contributed by atoms with Gasteiger partial charge in [-0.1, -0.05) is 26.6 Å². The highest BCUT2D eigenvalue weighted by atomic mass is 28.3. The number of carbonyl (C=O) groups is 4. The topological polar surface area (TPSA) is 105 Å². The standard InChI is InChI=1S/C21H32O8Si/c1-7-20(2,3)17(23)26-10-14(22)28-15-12-8-13-16(15)29-19(25)21(13,9-12)18(24)27-11-30(4,5)6/h12-13,15-16H,7-11H2,1-6H3. The summed E-state index contributed by atoms with van der Waals surface area (Å²) in [5.74, 6) is -2.73. The molecule has 5 atom stereocenters. The summed E-state index contributed by atoms with van der Waals surface area (Å²) in [5, 5.41) is 0. The number of hydrogen-bond donors (Lipinski definition) is 0. The number of carbonyl (C=O) groups excluding carboxylic acids is 4. The van der Waals surface area contributed by atoms with Gasteiger partial charge >= 0.3 is 23.9 Å². The van der Waals surface area contributed by atoms with Gasteiger partial charge in [0.1, 0.15) is 12.2 Å². The molecule has 3 rings (SSSR count). The molecule has 168 valence electrons. The second-order valence-corrected chi connectivity index (χ2v) is 16.0. The van der Waals surface area contributed by atoms with Gasteiger partial charge in [-0.2, -0.15) is 0 Å². The number of rotatable bonds is 8. The van der Waals surface area contributed by atoms with Gasteiger partial charge in [0.25, 0.3) is 0 Å². The molecule has 0 radical (unpaired) electrons. The van der Waals surface area contributed by atoms with Crippen molar-refractivity contribution in [2.24, 2.45) is 22.7 Å². The Labute approximate surface area is 178 Å². The monoisotopic (exact) mass is 440 g/mol. The molecule has 30 heavy (non-hydrogen) atoms. The second kappa shape index (κ2) is 7.66. The van der Waals surface area contributed by atoms with Gasteiger partial charge in [0.05, 0.1) is 19.7 Å². The molecule has 2 saturated carbocycles. The van der Waals surface area contributed by atoms with E-state index < -0.39 is 61.6 Å². The molecule has 9 heteroatoms. The molecule has 2 aliphatic carbocycles. The summed E-state index contributed by atoms with van der Waals surface area (Å²) in [4.78, 5) is 49.8. The smallest absolute Gasteiger partial charge is 0.344 e.